The van der Waals surface area contributed by atoms with Crippen LogP contribution < -0.4 is 0 Å². The van der Waals surface area contributed by atoms with E-state index in [1.54, 1.807) is 6.66 Å². The van der Waals surface area contributed by atoms with E-state index in [4.69, 9.17) is 8.43 Å². The molecule has 0 spiro atoms. The van der Waals surface area contributed by atoms with E-state index in [-0.39, 0.29) is 0 Å². The van der Waals surface area contributed by atoms with Gasteiger partial charge in [-0.15, -0.1) is 0 Å². The normalized spacial score (nSPS) is 13.8. The largest absolute Gasteiger partial charge is 0.351 e. The first-order valence-electron chi connectivity index (χ1n) is 7.77. The van der Waals surface area contributed by atoms with Gasteiger partial charge in [0.15, 0.2) is 0 Å². The van der Waals surface area contributed by atoms with Crippen LogP contribution in [-0.4, -0.2) is 23.3 Å². The second-order valence-corrected chi connectivity index (χ2v) is 17.4. The molecular formula is C13H33O3PSi2. The first-order chi connectivity index (χ1) is 8.78. The third-order valence-electron chi connectivity index (χ3n) is 4.58. The second-order valence-electron chi connectivity index (χ2n) is 5.44. The highest BCUT2D eigenvalue weighted by Gasteiger charge is 2.41. The smallest absolute Gasteiger partial charge is 0.308 e. The minimum Gasteiger partial charge on any atom is -0.351 e. The van der Waals surface area contributed by atoms with Crippen molar-refractivity contribution in [3.8, 4) is 0 Å². The Kier molecular flexibility index (Phi) is 8.38. The number of rotatable bonds is 10. The molecule has 0 aliphatic carbocycles. The van der Waals surface area contributed by atoms with Crippen LogP contribution in [0.5, 0.6) is 0 Å². The maximum absolute atomic E-state index is 12.8. The summed E-state index contributed by atoms with van der Waals surface area (Å²) in [5.74, 6) is 0. The predicted molar refractivity (Wildman–Crippen MR) is 90.1 cm³/mol. The van der Waals surface area contributed by atoms with Crippen LogP contribution in [0.1, 0.15) is 41.5 Å². The van der Waals surface area contributed by atoms with Crippen molar-refractivity contribution < 1.29 is 13.0 Å². The van der Waals surface area contributed by atoms with Gasteiger partial charge in [0.2, 0.25) is 16.6 Å². The van der Waals surface area contributed by atoms with Crippen molar-refractivity contribution in [2.75, 3.05) is 6.66 Å². The van der Waals surface area contributed by atoms with Crippen molar-refractivity contribution in [3.63, 3.8) is 0 Å². The van der Waals surface area contributed by atoms with E-state index in [1.165, 1.54) is 0 Å². The quantitative estimate of drug-likeness (QED) is 0.373. The number of hydrogen-bond donors (Lipinski definition) is 0. The standard InChI is InChI=1S/C13H33O3PSi2/c1-8-18(9-2,10-3)15-17(7,14)16-19(11-4,12-5)13-6/h8-13H2,1-7H3. The second kappa shape index (κ2) is 8.13. The van der Waals surface area contributed by atoms with Gasteiger partial charge >= 0.3 is 7.60 Å². The molecule has 0 atom stereocenters. The third-order valence-corrected chi connectivity index (χ3v) is 18.1. The molecule has 19 heavy (non-hydrogen) atoms. The van der Waals surface area contributed by atoms with Crippen LogP contribution in [0, 0.1) is 0 Å². The van der Waals surface area contributed by atoms with Crippen LogP contribution in [0.25, 0.3) is 0 Å². The van der Waals surface area contributed by atoms with Crippen LogP contribution in [0.15, 0.2) is 0 Å². The molecule has 116 valence electrons. The van der Waals surface area contributed by atoms with E-state index in [0.29, 0.717) is 0 Å². The lowest BCUT2D eigenvalue weighted by Gasteiger charge is -2.36. The highest BCUT2D eigenvalue weighted by molar-refractivity contribution is 7.56. The van der Waals surface area contributed by atoms with Crippen LogP contribution >= 0.6 is 7.60 Å². The average molecular weight is 325 g/mol. The Hall–Kier alpha value is 0.584. The van der Waals surface area contributed by atoms with E-state index in [1.807, 2.05) is 0 Å². The van der Waals surface area contributed by atoms with E-state index >= 15 is 0 Å². The summed E-state index contributed by atoms with van der Waals surface area (Å²) >= 11 is 0. The Morgan fingerprint density at radius 2 is 0.895 bits per heavy atom. The van der Waals surface area contributed by atoms with Crippen molar-refractivity contribution in [2.24, 2.45) is 0 Å². The molecule has 0 aromatic heterocycles. The summed E-state index contributed by atoms with van der Waals surface area (Å²) in [5, 5.41) is 0. The average Bonchev–Trinajstić information content (AvgIpc) is 2.42. The van der Waals surface area contributed by atoms with Gasteiger partial charge in [-0.2, -0.15) is 0 Å². The van der Waals surface area contributed by atoms with Gasteiger partial charge in [0, 0.05) is 6.66 Å². The summed E-state index contributed by atoms with van der Waals surface area (Å²) in [6.07, 6.45) is 0. The fraction of sp³-hybridized carbons (Fsp3) is 1.00. The molecule has 0 amide bonds. The molecule has 0 aliphatic heterocycles. The van der Waals surface area contributed by atoms with Gasteiger partial charge in [-0.3, -0.25) is 4.57 Å². The Bertz CT molecular complexity index is 260. The molecule has 0 aliphatic rings. The van der Waals surface area contributed by atoms with Crippen LogP contribution in [0.4, 0.5) is 0 Å². The molecule has 0 radical (unpaired) electrons. The predicted octanol–water partition coefficient (Wildman–Crippen LogP) is 5.85. The number of hydrogen-bond acceptors (Lipinski definition) is 3. The molecule has 0 N–H and O–H groups in total. The van der Waals surface area contributed by atoms with Crippen LogP contribution in [0.3, 0.4) is 0 Å². The van der Waals surface area contributed by atoms with Crippen LogP contribution in [0.2, 0.25) is 36.3 Å². The fourth-order valence-electron chi connectivity index (χ4n) is 2.61. The Morgan fingerprint density at radius 1 is 0.684 bits per heavy atom. The molecule has 0 bridgehead atoms. The molecule has 0 saturated carbocycles. The van der Waals surface area contributed by atoms with E-state index in [2.05, 4.69) is 41.5 Å². The van der Waals surface area contributed by atoms with Crippen molar-refractivity contribution >= 4 is 24.2 Å². The molecule has 0 saturated heterocycles. The minimum atomic E-state index is -2.91. The third kappa shape index (κ3) is 5.46. The van der Waals surface area contributed by atoms with Gasteiger partial charge in [-0.05, 0) is 36.3 Å². The van der Waals surface area contributed by atoms with E-state index in [0.717, 1.165) is 36.3 Å². The van der Waals surface area contributed by atoms with Crippen molar-refractivity contribution in [2.45, 2.75) is 77.8 Å². The van der Waals surface area contributed by atoms with Gasteiger partial charge in [-0.1, -0.05) is 41.5 Å². The zero-order valence-electron chi connectivity index (χ0n) is 13.9. The summed E-state index contributed by atoms with van der Waals surface area (Å²) in [5.41, 5.74) is 0. The lowest BCUT2D eigenvalue weighted by atomic mass is 10.9. The van der Waals surface area contributed by atoms with Crippen LogP contribution in [-0.2, 0) is 13.0 Å². The summed E-state index contributed by atoms with van der Waals surface area (Å²) in [6, 6.07) is 6.08. The van der Waals surface area contributed by atoms with E-state index < -0.39 is 24.2 Å². The molecule has 0 aromatic carbocycles. The van der Waals surface area contributed by atoms with Crippen molar-refractivity contribution in [1.82, 2.24) is 0 Å². The minimum absolute atomic E-state index is 1.01. The maximum atomic E-state index is 12.8. The fourth-order valence-corrected chi connectivity index (χ4v) is 14.8. The SMILES string of the molecule is CC[Si](CC)(CC)OP(C)(=O)O[Si](CC)(CC)CC. The van der Waals surface area contributed by atoms with Gasteiger partial charge in [0.25, 0.3) is 0 Å². The Morgan fingerprint density at radius 3 is 1.05 bits per heavy atom. The van der Waals surface area contributed by atoms with Crippen molar-refractivity contribution in [1.29, 1.82) is 0 Å². The molecule has 0 unspecified atom stereocenters. The zero-order valence-corrected chi connectivity index (χ0v) is 16.8. The molecule has 0 fully saturated rings. The van der Waals surface area contributed by atoms with Gasteiger partial charge < -0.3 is 8.43 Å². The molecule has 0 aromatic rings. The summed E-state index contributed by atoms with van der Waals surface area (Å²) in [6.45, 7) is 14.6. The molecule has 0 heterocycles. The molecule has 6 heteroatoms. The Balaban J connectivity index is 5.02. The summed E-state index contributed by atoms with van der Waals surface area (Å²) in [4.78, 5) is 0. The van der Waals surface area contributed by atoms with Gasteiger partial charge in [0.1, 0.15) is 0 Å². The first-order valence-corrected chi connectivity index (χ1v) is 14.8. The summed E-state index contributed by atoms with van der Waals surface area (Å²) in [7, 11) is -6.62. The molecular weight excluding hydrogens is 291 g/mol. The zero-order chi connectivity index (χ0) is 15.2. The first kappa shape index (κ1) is 19.6. The van der Waals surface area contributed by atoms with Crippen molar-refractivity contribution in [3.05, 3.63) is 0 Å². The Labute approximate surface area is 122 Å². The lowest BCUT2D eigenvalue weighted by molar-refractivity contribution is 0.378. The molecule has 0 rings (SSSR count). The maximum Gasteiger partial charge on any atom is 0.308 e. The monoisotopic (exact) mass is 324 g/mol. The highest BCUT2D eigenvalue weighted by Crippen LogP contribution is 2.53. The van der Waals surface area contributed by atoms with Gasteiger partial charge in [-0.25, -0.2) is 0 Å². The highest BCUT2D eigenvalue weighted by atomic mass is 31.2. The van der Waals surface area contributed by atoms with Gasteiger partial charge in [0.05, 0.1) is 0 Å². The summed E-state index contributed by atoms with van der Waals surface area (Å²) < 4.78 is 25.1. The lowest BCUT2D eigenvalue weighted by Crippen LogP contribution is -2.39. The topological polar surface area (TPSA) is 35.5 Å². The molecule has 3 nitrogen and oxygen atoms in total. The van der Waals surface area contributed by atoms with E-state index in [9.17, 15) is 4.57 Å².